The molecule has 1 amide bonds. The molecule has 3 rings (SSSR count). The lowest BCUT2D eigenvalue weighted by molar-refractivity contribution is 0.0747. The number of rotatable bonds is 5. The summed E-state index contributed by atoms with van der Waals surface area (Å²) in [5.74, 6) is -0.305. The van der Waals surface area contributed by atoms with Crippen molar-refractivity contribution in [3.63, 3.8) is 0 Å². The number of amides is 1. The fourth-order valence-corrected chi connectivity index (χ4v) is 4.46. The van der Waals surface area contributed by atoms with Crippen LogP contribution in [0.5, 0.6) is 0 Å². The summed E-state index contributed by atoms with van der Waals surface area (Å²) >= 11 is 0. The van der Waals surface area contributed by atoms with Crippen LogP contribution in [-0.2, 0) is 16.6 Å². The van der Waals surface area contributed by atoms with Gasteiger partial charge in [-0.2, -0.15) is 4.31 Å². The Morgan fingerprint density at radius 3 is 2.38 bits per heavy atom. The van der Waals surface area contributed by atoms with Gasteiger partial charge in [0, 0.05) is 26.7 Å². The highest BCUT2D eigenvalue weighted by atomic mass is 32.2. The van der Waals surface area contributed by atoms with Gasteiger partial charge in [-0.25, -0.2) is 8.42 Å². The molecular formula is C19H24N2O4S. The van der Waals surface area contributed by atoms with Crippen LogP contribution >= 0.6 is 0 Å². The van der Waals surface area contributed by atoms with Gasteiger partial charge in [-0.3, -0.25) is 4.79 Å². The molecule has 0 atom stereocenters. The lowest BCUT2D eigenvalue weighted by atomic mass is 10.1. The average Bonchev–Trinajstić information content (AvgIpc) is 3.14. The topological polar surface area (TPSA) is 70.8 Å². The van der Waals surface area contributed by atoms with Crippen molar-refractivity contribution in [2.75, 3.05) is 20.1 Å². The molecule has 2 aromatic rings. The summed E-state index contributed by atoms with van der Waals surface area (Å²) in [5, 5.41) is -0.161. The number of hydrogen-bond donors (Lipinski definition) is 0. The minimum atomic E-state index is -3.67. The highest BCUT2D eigenvalue weighted by Gasteiger charge is 2.30. The van der Waals surface area contributed by atoms with Crippen LogP contribution in [0.2, 0.25) is 0 Å². The monoisotopic (exact) mass is 376 g/mol. The van der Waals surface area contributed by atoms with Crippen molar-refractivity contribution in [1.29, 1.82) is 0 Å². The van der Waals surface area contributed by atoms with E-state index in [9.17, 15) is 13.2 Å². The summed E-state index contributed by atoms with van der Waals surface area (Å²) < 4.78 is 32.1. The molecule has 0 radical (unpaired) electrons. The van der Waals surface area contributed by atoms with E-state index in [-0.39, 0.29) is 16.8 Å². The van der Waals surface area contributed by atoms with Crippen molar-refractivity contribution in [2.24, 2.45) is 0 Å². The SMILES string of the molecule is Cc1ccc(CN(C)C(=O)c2ccc(S(=O)(=O)N3CCCCC3)o2)cc1. The van der Waals surface area contributed by atoms with E-state index in [0.717, 1.165) is 30.4 Å². The molecular weight excluding hydrogens is 352 g/mol. The molecule has 0 spiro atoms. The highest BCUT2D eigenvalue weighted by molar-refractivity contribution is 7.89. The lowest BCUT2D eigenvalue weighted by Gasteiger charge is -2.24. The maximum Gasteiger partial charge on any atom is 0.289 e. The van der Waals surface area contributed by atoms with Crippen LogP contribution in [0.1, 0.15) is 40.9 Å². The number of furan rings is 1. The van der Waals surface area contributed by atoms with E-state index < -0.39 is 10.0 Å². The largest absolute Gasteiger partial charge is 0.438 e. The van der Waals surface area contributed by atoms with Crippen molar-refractivity contribution in [1.82, 2.24) is 9.21 Å². The van der Waals surface area contributed by atoms with Gasteiger partial charge in [0.05, 0.1) is 0 Å². The molecule has 0 N–H and O–H groups in total. The number of carbonyl (C=O) groups excluding carboxylic acids is 1. The molecule has 2 heterocycles. The van der Waals surface area contributed by atoms with Crippen molar-refractivity contribution in [3.8, 4) is 0 Å². The summed E-state index contributed by atoms with van der Waals surface area (Å²) in [6.45, 7) is 3.43. The zero-order valence-corrected chi connectivity index (χ0v) is 16.0. The van der Waals surface area contributed by atoms with Crippen molar-refractivity contribution < 1.29 is 17.6 Å². The van der Waals surface area contributed by atoms with Crippen LogP contribution in [-0.4, -0.2) is 43.7 Å². The Hall–Kier alpha value is -2.12. The number of benzene rings is 1. The van der Waals surface area contributed by atoms with Gasteiger partial charge in [0.1, 0.15) is 0 Å². The quantitative estimate of drug-likeness (QED) is 0.804. The normalized spacial score (nSPS) is 15.8. The summed E-state index contributed by atoms with van der Waals surface area (Å²) in [4.78, 5) is 14.1. The minimum Gasteiger partial charge on any atom is -0.438 e. The van der Waals surface area contributed by atoms with Gasteiger partial charge in [0.2, 0.25) is 5.09 Å². The fourth-order valence-electron chi connectivity index (χ4n) is 3.03. The fraction of sp³-hybridized carbons (Fsp3) is 0.421. The second-order valence-corrected chi connectivity index (χ2v) is 8.60. The van der Waals surface area contributed by atoms with Crippen LogP contribution < -0.4 is 0 Å². The van der Waals surface area contributed by atoms with Crippen molar-refractivity contribution in [2.45, 2.75) is 37.8 Å². The summed E-state index contributed by atoms with van der Waals surface area (Å²) in [6, 6.07) is 10.7. The van der Waals surface area contributed by atoms with Gasteiger partial charge in [-0.15, -0.1) is 0 Å². The van der Waals surface area contributed by atoms with Crippen LogP contribution in [0.15, 0.2) is 45.9 Å². The second kappa shape index (κ2) is 7.63. The minimum absolute atomic E-state index is 0.0372. The number of piperidine rings is 1. The third-order valence-corrected chi connectivity index (χ3v) is 6.36. The Morgan fingerprint density at radius 1 is 1.08 bits per heavy atom. The summed E-state index contributed by atoms with van der Waals surface area (Å²) in [6.07, 6.45) is 2.74. The van der Waals surface area contributed by atoms with E-state index in [0.29, 0.717) is 19.6 Å². The molecule has 1 aliphatic rings. The van der Waals surface area contributed by atoms with Crippen LogP contribution in [0.25, 0.3) is 0 Å². The molecule has 1 aromatic heterocycles. The van der Waals surface area contributed by atoms with Gasteiger partial charge in [-0.05, 0) is 37.5 Å². The molecule has 0 aliphatic carbocycles. The molecule has 140 valence electrons. The molecule has 0 saturated carbocycles. The van der Waals surface area contributed by atoms with Crippen LogP contribution in [0.4, 0.5) is 0 Å². The van der Waals surface area contributed by atoms with E-state index in [1.54, 1.807) is 7.05 Å². The molecule has 1 aliphatic heterocycles. The van der Waals surface area contributed by atoms with Gasteiger partial charge in [0.25, 0.3) is 15.9 Å². The Balaban J connectivity index is 1.71. The molecule has 1 saturated heterocycles. The van der Waals surface area contributed by atoms with E-state index in [1.165, 1.54) is 21.3 Å². The Labute approximate surface area is 154 Å². The maximum absolute atomic E-state index is 12.6. The van der Waals surface area contributed by atoms with Gasteiger partial charge in [-0.1, -0.05) is 36.2 Å². The summed E-state index contributed by atoms with van der Waals surface area (Å²) in [7, 11) is -2.00. The highest BCUT2D eigenvalue weighted by Crippen LogP contribution is 2.23. The predicted octanol–water partition coefficient (Wildman–Crippen LogP) is 3.03. The molecule has 7 heteroatoms. The Bertz CT molecular complexity index is 865. The number of hydrogen-bond acceptors (Lipinski definition) is 4. The van der Waals surface area contributed by atoms with Crippen LogP contribution in [0, 0.1) is 6.92 Å². The van der Waals surface area contributed by atoms with E-state index >= 15 is 0 Å². The number of aryl methyl sites for hydroxylation is 1. The van der Waals surface area contributed by atoms with Crippen molar-refractivity contribution in [3.05, 3.63) is 53.3 Å². The zero-order chi connectivity index (χ0) is 18.7. The van der Waals surface area contributed by atoms with Gasteiger partial charge in [0.15, 0.2) is 5.76 Å². The van der Waals surface area contributed by atoms with Gasteiger partial charge < -0.3 is 9.32 Å². The first-order valence-electron chi connectivity index (χ1n) is 8.79. The first-order valence-corrected chi connectivity index (χ1v) is 10.2. The smallest absolute Gasteiger partial charge is 0.289 e. The standard InChI is InChI=1S/C19H24N2O4S/c1-15-6-8-16(9-7-15)14-20(2)19(22)17-10-11-18(25-17)26(23,24)21-12-4-3-5-13-21/h6-11H,3-5,12-14H2,1-2H3. The first-order chi connectivity index (χ1) is 12.4. The molecule has 0 unspecified atom stereocenters. The second-order valence-electron chi connectivity index (χ2n) is 6.73. The molecule has 26 heavy (non-hydrogen) atoms. The number of carbonyl (C=O) groups is 1. The third-order valence-electron chi connectivity index (χ3n) is 4.59. The molecule has 1 fully saturated rings. The zero-order valence-electron chi connectivity index (χ0n) is 15.1. The van der Waals surface area contributed by atoms with E-state index in [4.69, 9.17) is 4.42 Å². The Kier molecular flexibility index (Phi) is 5.48. The van der Waals surface area contributed by atoms with E-state index in [1.807, 2.05) is 31.2 Å². The lowest BCUT2D eigenvalue weighted by Crippen LogP contribution is -2.35. The molecule has 6 nitrogen and oxygen atoms in total. The van der Waals surface area contributed by atoms with Crippen LogP contribution in [0.3, 0.4) is 0 Å². The molecule has 1 aromatic carbocycles. The number of sulfonamides is 1. The van der Waals surface area contributed by atoms with Crippen molar-refractivity contribution >= 4 is 15.9 Å². The average molecular weight is 376 g/mol. The first kappa shape index (κ1) is 18.7. The predicted molar refractivity (Wildman–Crippen MR) is 98.3 cm³/mol. The third kappa shape index (κ3) is 3.99. The maximum atomic E-state index is 12.6. The Morgan fingerprint density at radius 2 is 1.73 bits per heavy atom. The van der Waals surface area contributed by atoms with Gasteiger partial charge >= 0.3 is 0 Å². The number of nitrogens with zero attached hydrogens (tertiary/aromatic N) is 2. The van der Waals surface area contributed by atoms with E-state index in [2.05, 4.69) is 0 Å². The molecule has 0 bridgehead atoms. The summed E-state index contributed by atoms with van der Waals surface area (Å²) in [5.41, 5.74) is 2.15.